The number of aliphatic imine (C=N–C) groups is 1. The van der Waals surface area contributed by atoms with Crippen LogP contribution in [0.4, 0.5) is 11.5 Å². The molecular formula is C27H34N4O. The van der Waals surface area contributed by atoms with Crippen molar-refractivity contribution in [3.8, 4) is 5.75 Å². The number of benzene rings is 1. The normalized spacial score (nSPS) is 17.7. The Bertz CT molecular complexity index is 1030. The molecule has 1 aliphatic carbocycles. The van der Waals surface area contributed by atoms with Crippen molar-refractivity contribution in [2.75, 3.05) is 45.2 Å². The molecular weight excluding hydrogens is 396 g/mol. The number of anilines is 1. The second-order valence-electron chi connectivity index (χ2n) is 8.88. The van der Waals surface area contributed by atoms with Crippen LogP contribution >= 0.6 is 0 Å². The van der Waals surface area contributed by atoms with Crippen LogP contribution in [0.5, 0.6) is 5.75 Å². The van der Waals surface area contributed by atoms with Gasteiger partial charge in [-0.15, -0.1) is 0 Å². The number of methoxy groups -OCH3 is 1. The highest BCUT2D eigenvalue weighted by Crippen LogP contribution is 2.45. The minimum absolute atomic E-state index is 0.553. The molecule has 1 saturated heterocycles. The van der Waals surface area contributed by atoms with Crippen molar-refractivity contribution in [3.63, 3.8) is 0 Å². The lowest BCUT2D eigenvalue weighted by Gasteiger charge is -2.34. The lowest BCUT2D eigenvalue weighted by molar-refractivity contribution is 0.312. The Morgan fingerprint density at radius 2 is 1.97 bits per heavy atom. The van der Waals surface area contributed by atoms with E-state index in [0.717, 1.165) is 65.8 Å². The van der Waals surface area contributed by atoms with Crippen LogP contribution in [-0.2, 0) is 0 Å². The zero-order valence-corrected chi connectivity index (χ0v) is 19.6. The largest absolute Gasteiger partial charge is 0.497 e. The summed E-state index contributed by atoms with van der Waals surface area (Å²) in [5, 5.41) is 0. The van der Waals surface area contributed by atoms with E-state index in [1.165, 1.54) is 24.8 Å². The molecule has 0 unspecified atom stereocenters. The number of aromatic nitrogens is 1. The first-order chi connectivity index (χ1) is 15.5. The Hall–Kier alpha value is -2.92. The fourth-order valence-electron chi connectivity index (χ4n) is 4.55. The third-order valence-electron chi connectivity index (χ3n) is 6.63. The predicted molar refractivity (Wildman–Crippen MR) is 135 cm³/mol. The van der Waals surface area contributed by atoms with Gasteiger partial charge in [-0.3, -0.25) is 0 Å². The molecule has 0 radical (unpaired) electrons. The van der Waals surface area contributed by atoms with Gasteiger partial charge in [0.1, 0.15) is 11.6 Å². The molecule has 2 heterocycles. The zero-order valence-electron chi connectivity index (χ0n) is 19.6. The topological polar surface area (TPSA) is 41.0 Å². The Morgan fingerprint density at radius 1 is 1.22 bits per heavy atom. The average molecular weight is 431 g/mol. The first-order valence-corrected chi connectivity index (χ1v) is 11.5. The minimum Gasteiger partial charge on any atom is -0.497 e. The van der Waals surface area contributed by atoms with Gasteiger partial charge in [-0.25, -0.2) is 9.98 Å². The quantitative estimate of drug-likeness (QED) is 0.548. The van der Waals surface area contributed by atoms with Gasteiger partial charge in [-0.1, -0.05) is 19.6 Å². The first kappa shape index (κ1) is 22.3. The van der Waals surface area contributed by atoms with Gasteiger partial charge in [-0.2, -0.15) is 0 Å². The van der Waals surface area contributed by atoms with Crippen LogP contribution in [0.1, 0.15) is 48.8 Å². The minimum atomic E-state index is 0.553. The summed E-state index contributed by atoms with van der Waals surface area (Å²) in [6, 6.07) is 8.25. The number of piperazine rings is 1. The zero-order chi connectivity index (χ0) is 22.7. The van der Waals surface area contributed by atoms with E-state index in [2.05, 4.69) is 49.1 Å². The highest BCUT2D eigenvalue weighted by molar-refractivity contribution is 6.13. The second kappa shape index (κ2) is 9.70. The molecule has 0 amide bonds. The van der Waals surface area contributed by atoms with Gasteiger partial charge < -0.3 is 14.5 Å². The van der Waals surface area contributed by atoms with Crippen molar-refractivity contribution in [3.05, 3.63) is 66.4 Å². The number of pyridine rings is 1. The van der Waals surface area contributed by atoms with E-state index >= 15 is 0 Å². The van der Waals surface area contributed by atoms with Gasteiger partial charge >= 0.3 is 0 Å². The van der Waals surface area contributed by atoms with Gasteiger partial charge in [0.05, 0.1) is 18.5 Å². The summed E-state index contributed by atoms with van der Waals surface area (Å²) in [6.07, 6.45) is 7.39. The fourth-order valence-corrected chi connectivity index (χ4v) is 4.55. The molecule has 2 fully saturated rings. The summed E-state index contributed by atoms with van der Waals surface area (Å²) < 4.78 is 5.65. The van der Waals surface area contributed by atoms with Crippen LogP contribution in [-0.4, -0.2) is 55.9 Å². The molecule has 1 aliphatic heterocycles. The lowest BCUT2D eigenvalue weighted by atomic mass is 9.77. The molecule has 5 heteroatoms. The summed E-state index contributed by atoms with van der Waals surface area (Å²) in [4.78, 5) is 14.6. The van der Waals surface area contributed by atoms with Crippen molar-refractivity contribution >= 4 is 22.8 Å². The molecule has 0 bridgehead atoms. The van der Waals surface area contributed by atoms with Crippen LogP contribution in [0.15, 0.2) is 54.7 Å². The molecule has 0 atom stereocenters. The molecule has 0 spiro atoms. The summed E-state index contributed by atoms with van der Waals surface area (Å²) in [5.41, 5.74) is 6.19. The molecule has 2 aromatic rings. The monoisotopic (exact) mass is 430 g/mol. The van der Waals surface area contributed by atoms with E-state index < -0.39 is 0 Å². The van der Waals surface area contributed by atoms with E-state index in [-0.39, 0.29) is 0 Å². The molecule has 4 rings (SSSR count). The van der Waals surface area contributed by atoms with Gasteiger partial charge in [0.2, 0.25) is 0 Å². The number of allylic oxidation sites excluding steroid dienone is 2. The van der Waals surface area contributed by atoms with Crippen LogP contribution in [0, 0.1) is 0 Å². The highest BCUT2D eigenvalue weighted by Gasteiger charge is 2.26. The highest BCUT2D eigenvalue weighted by atomic mass is 16.5. The molecule has 5 nitrogen and oxygen atoms in total. The molecule has 1 aromatic heterocycles. The smallest absolute Gasteiger partial charge is 0.138 e. The molecule has 32 heavy (non-hydrogen) atoms. The van der Waals surface area contributed by atoms with Crippen molar-refractivity contribution in [1.29, 1.82) is 0 Å². The van der Waals surface area contributed by atoms with Crippen molar-refractivity contribution in [1.82, 2.24) is 9.88 Å². The van der Waals surface area contributed by atoms with Crippen molar-refractivity contribution in [2.45, 2.75) is 32.1 Å². The molecule has 1 aromatic carbocycles. The maximum atomic E-state index is 5.65. The van der Waals surface area contributed by atoms with Gasteiger partial charge in [0.25, 0.3) is 0 Å². The number of hydrogen-bond acceptors (Lipinski definition) is 5. The van der Waals surface area contributed by atoms with Gasteiger partial charge in [0.15, 0.2) is 0 Å². The summed E-state index contributed by atoms with van der Waals surface area (Å²) in [6.45, 7) is 14.4. The van der Waals surface area contributed by atoms with E-state index in [4.69, 9.17) is 14.7 Å². The predicted octanol–water partition coefficient (Wildman–Crippen LogP) is 5.45. The Morgan fingerprint density at radius 3 is 2.56 bits per heavy atom. The first-order valence-electron chi connectivity index (χ1n) is 11.5. The average Bonchev–Trinajstić information content (AvgIpc) is 2.76. The number of rotatable bonds is 7. The van der Waals surface area contributed by atoms with E-state index in [9.17, 15) is 0 Å². The Balaban J connectivity index is 1.81. The lowest BCUT2D eigenvalue weighted by Crippen LogP contribution is -2.45. The number of nitrogens with zero attached hydrogens (tertiary/aromatic N) is 4. The number of hydrogen-bond donors (Lipinski definition) is 0. The Labute approximate surface area is 192 Å². The SMILES string of the molecule is C=CC(=Nc1cc(OC)cc(C2CCC2)c1C(=C)C)c1cccnc1N1CCN(C)CC1. The maximum Gasteiger partial charge on any atom is 0.138 e. The Kier molecular flexibility index (Phi) is 6.75. The van der Waals surface area contributed by atoms with Crippen LogP contribution in [0.25, 0.3) is 5.57 Å². The molecule has 0 N–H and O–H groups in total. The second-order valence-corrected chi connectivity index (χ2v) is 8.88. The standard InChI is InChI=1S/C27H34N4O/c1-6-24(22-11-8-12-28-27(22)31-15-13-30(4)14-16-31)29-25-18-21(32-5)17-23(20-9-7-10-20)26(25)19(2)3/h6,8,11-12,17-18,20H,1-2,7,9-10,13-16H2,3-5H3. The van der Waals surface area contributed by atoms with Crippen molar-refractivity contribution in [2.24, 2.45) is 4.99 Å². The molecule has 2 aliphatic rings. The fraction of sp³-hybridized carbons (Fsp3) is 0.407. The third kappa shape index (κ3) is 4.49. The van der Waals surface area contributed by atoms with Crippen LogP contribution in [0.3, 0.4) is 0 Å². The summed E-state index contributed by atoms with van der Waals surface area (Å²) in [5.74, 6) is 2.36. The van der Waals surface area contributed by atoms with Crippen LogP contribution in [0.2, 0.25) is 0 Å². The van der Waals surface area contributed by atoms with Crippen molar-refractivity contribution < 1.29 is 4.74 Å². The van der Waals surface area contributed by atoms with E-state index in [1.807, 2.05) is 24.4 Å². The summed E-state index contributed by atoms with van der Waals surface area (Å²) >= 11 is 0. The molecule has 1 saturated carbocycles. The van der Waals surface area contributed by atoms with Gasteiger partial charge in [0, 0.05) is 49.6 Å². The molecule has 168 valence electrons. The maximum absolute atomic E-state index is 5.65. The van der Waals surface area contributed by atoms with E-state index in [0.29, 0.717) is 5.92 Å². The summed E-state index contributed by atoms with van der Waals surface area (Å²) in [7, 11) is 3.88. The number of likely N-dealkylation sites (N-methyl/N-ethyl adjacent to an activating group) is 1. The number of ether oxygens (including phenoxy) is 1. The van der Waals surface area contributed by atoms with E-state index in [1.54, 1.807) is 7.11 Å². The van der Waals surface area contributed by atoms with Gasteiger partial charge in [-0.05, 0) is 68.1 Å². The van der Waals surface area contributed by atoms with Crippen LogP contribution < -0.4 is 9.64 Å². The third-order valence-corrected chi connectivity index (χ3v) is 6.63.